The highest BCUT2D eigenvalue weighted by Gasteiger charge is 2.29. The zero-order valence-corrected chi connectivity index (χ0v) is 17.6. The van der Waals surface area contributed by atoms with Crippen LogP contribution in [0.25, 0.3) is 11.0 Å². The van der Waals surface area contributed by atoms with Gasteiger partial charge in [-0.2, -0.15) is 0 Å². The van der Waals surface area contributed by atoms with Crippen LogP contribution >= 0.6 is 0 Å². The van der Waals surface area contributed by atoms with Gasteiger partial charge in [0, 0.05) is 50.4 Å². The number of carbonyl (C=O) groups is 2. The summed E-state index contributed by atoms with van der Waals surface area (Å²) in [4.78, 5) is 29.4. The molecule has 2 aromatic carbocycles. The molecule has 1 N–H and O–H groups in total. The van der Waals surface area contributed by atoms with Crippen LogP contribution in [0.15, 0.2) is 52.9 Å². The minimum Gasteiger partial charge on any atom is -0.497 e. The highest BCUT2D eigenvalue weighted by atomic mass is 16.5. The van der Waals surface area contributed by atoms with Crippen LogP contribution in [0.3, 0.4) is 0 Å². The zero-order chi connectivity index (χ0) is 21.8. The number of furan rings is 1. The molecule has 1 aromatic heterocycles. The SMILES string of the molecule is COCC(=O)Nc1c(C(=O)N2CCN(c3cccc(OC)c3)CC2)oc2ccccc12. The van der Waals surface area contributed by atoms with Crippen molar-refractivity contribution in [1.29, 1.82) is 0 Å². The molecule has 0 saturated carbocycles. The lowest BCUT2D eigenvalue weighted by atomic mass is 10.2. The van der Waals surface area contributed by atoms with Crippen molar-refractivity contribution in [2.75, 3.05) is 57.2 Å². The van der Waals surface area contributed by atoms with Gasteiger partial charge in [-0.15, -0.1) is 0 Å². The summed E-state index contributed by atoms with van der Waals surface area (Å²) in [6.07, 6.45) is 0. The summed E-state index contributed by atoms with van der Waals surface area (Å²) in [5.74, 6) is 0.357. The zero-order valence-electron chi connectivity index (χ0n) is 17.6. The van der Waals surface area contributed by atoms with E-state index in [1.165, 1.54) is 7.11 Å². The van der Waals surface area contributed by atoms with Crippen LogP contribution in [0.1, 0.15) is 10.6 Å². The Morgan fingerprint density at radius 2 is 1.81 bits per heavy atom. The van der Waals surface area contributed by atoms with Gasteiger partial charge < -0.3 is 29.0 Å². The predicted octanol–water partition coefficient (Wildman–Crippen LogP) is 2.99. The maximum absolute atomic E-state index is 13.3. The standard InChI is InChI=1S/C23H25N3O5/c1-29-15-20(27)24-21-18-8-3-4-9-19(18)31-22(21)23(28)26-12-10-25(11-13-26)16-6-5-7-17(14-16)30-2/h3-9,14H,10-13,15H2,1-2H3,(H,24,27). The van der Waals surface area contributed by atoms with Gasteiger partial charge in [-0.25, -0.2) is 0 Å². The number of rotatable bonds is 6. The summed E-state index contributed by atoms with van der Waals surface area (Å²) in [6.45, 7) is 2.35. The molecule has 1 saturated heterocycles. The van der Waals surface area contributed by atoms with Crippen molar-refractivity contribution >= 4 is 34.2 Å². The normalized spacial score (nSPS) is 14.0. The maximum Gasteiger partial charge on any atom is 0.291 e. The predicted molar refractivity (Wildman–Crippen MR) is 118 cm³/mol. The highest BCUT2D eigenvalue weighted by Crippen LogP contribution is 2.32. The number of nitrogens with one attached hydrogen (secondary N) is 1. The van der Waals surface area contributed by atoms with E-state index in [1.54, 1.807) is 18.1 Å². The quantitative estimate of drug-likeness (QED) is 0.656. The van der Waals surface area contributed by atoms with Crippen LogP contribution in [0.4, 0.5) is 11.4 Å². The lowest BCUT2D eigenvalue weighted by Crippen LogP contribution is -2.48. The van der Waals surface area contributed by atoms with E-state index in [-0.39, 0.29) is 24.2 Å². The second kappa shape index (κ2) is 9.09. The molecule has 3 aromatic rings. The van der Waals surface area contributed by atoms with Gasteiger partial charge in [-0.1, -0.05) is 18.2 Å². The fourth-order valence-corrected chi connectivity index (χ4v) is 3.75. The third kappa shape index (κ3) is 4.34. The molecule has 1 aliphatic heterocycles. The number of fused-ring (bicyclic) bond motifs is 1. The minimum absolute atomic E-state index is 0.105. The Hall–Kier alpha value is -3.52. The monoisotopic (exact) mass is 423 g/mol. The van der Waals surface area contributed by atoms with Gasteiger partial charge in [0.25, 0.3) is 5.91 Å². The largest absolute Gasteiger partial charge is 0.497 e. The van der Waals surface area contributed by atoms with E-state index >= 15 is 0 Å². The van der Waals surface area contributed by atoms with E-state index in [9.17, 15) is 9.59 Å². The van der Waals surface area contributed by atoms with Gasteiger partial charge >= 0.3 is 0 Å². The van der Waals surface area contributed by atoms with Crippen molar-refractivity contribution in [3.05, 3.63) is 54.3 Å². The molecule has 0 bridgehead atoms. The molecule has 4 rings (SSSR count). The molecule has 0 radical (unpaired) electrons. The topological polar surface area (TPSA) is 84.2 Å². The number of benzene rings is 2. The molecule has 8 heteroatoms. The summed E-state index contributed by atoms with van der Waals surface area (Å²) in [5.41, 5.74) is 1.99. The first-order chi connectivity index (χ1) is 15.1. The van der Waals surface area contributed by atoms with Crippen LogP contribution in [0, 0.1) is 0 Å². The summed E-state index contributed by atoms with van der Waals surface area (Å²) < 4.78 is 16.1. The van der Waals surface area contributed by atoms with Crippen molar-refractivity contribution in [1.82, 2.24) is 4.90 Å². The summed E-state index contributed by atoms with van der Waals surface area (Å²) in [6, 6.07) is 15.1. The molecule has 1 aliphatic rings. The Kier molecular flexibility index (Phi) is 6.08. The third-order valence-electron chi connectivity index (χ3n) is 5.31. The number of anilines is 2. The fraction of sp³-hybridized carbons (Fsp3) is 0.304. The van der Waals surface area contributed by atoms with Gasteiger partial charge in [0.1, 0.15) is 23.6 Å². The van der Waals surface area contributed by atoms with Crippen LogP contribution < -0.4 is 15.0 Å². The van der Waals surface area contributed by atoms with Crippen LogP contribution in [-0.2, 0) is 9.53 Å². The number of ether oxygens (including phenoxy) is 2. The number of carbonyl (C=O) groups excluding carboxylic acids is 2. The molecule has 0 unspecified atom stereocenters. The Labute approximate surface area is 180 Å². The fourth-order valence-electron chi connectivity index (χ4n) is 3.75. The number of amides is 2. The first kappa shape index (κ1) is 20.7. The average Bonchev–Trinajstić information content (AvgIpc) is 3.17. The molecule has 0 atom stereocenters. The molecular weight excluding hydrogens is 398 g/mol. The number of methoxy groups -OCH3 is 2. The van der Waals surface area contributed by atoms with Crippen molar-refractivity contribution in [2.24, 2.45) is 0 Å². The Morgan fingerprint density at radius 1 is 1.03 bits per heavy atom. The molecule has 2 heterocycles. The molecular formula is C23H25N3O5. The maximum atomic E-state index is 13.3. The number of piperazine rings is 1. The second-order valence-corrected chi connectivity index (χ2v) is 7.26. The number of para-hydroxylation sites is 1. The molecule has 0 aliphatic carbocycles. The van der Waals surface area contributed by atoms with Crippen molar-refractivity contribution < 1.29 is 23.5 Å². The Bertz CT molecular complexity index is 1090. The van der Waals surface area contributed by atoms with Crippen molar-refractivity contribution in [2.45, 2.75) is 0 Å². The van der Waals surface area contributed by atoms with E-state index in [0.717, 1.165) is 11.4 Å². The number of hydrogen-bond donors (Lipinski definition) is 1. The summed E-state index contributed by atoms with van der Waals surface area (Å²) in [5, 5.41) is 3.46. The van der Waals surface area contributed by atoms with Crippen LogP contribution in [-0.4, -0.2) is 63.7 Å². The molecule has 8 nitrogen and oxygen atoms in total. The average molecular weight is 423 g/mol. The smallest absolute Gasteiger partial charge is 0.291 e. The second-order valence-electron chi connectivity index (χ2n) is 7.26. The van der Waals surface area contributed by atoms with E-state index in [0.29, 0.717) is 42.8 Å². The highest BCUT2D eigenvalue weighted by molar-refractivity contribution is 6.11. The first-order valence-electron chi connectivity index (χ1n) is 10.1. The van der Waals surface area contributed by atoms with Crippen LogP contribution in [0.2, 0.25) is 0 Å². The minimum atomic E-state index is -0.342. The lowest BCUT2D eigenvalue weighted by molar-refractivity contribution is -0.119. The Morgan fingerprint density at radius 3 is 2.55 bits per heavy atom. The summed E-state index contributed by atoms with van der Waals surface area (Å²) in [7, 11) is 3.09. The molecule has 162 valence electrons. The number of hydrogen-bond acceptors (Lipinski definition) is 6. The van der Waals surface area contributed by atoms with E-state index < -0.39 is 0 Å². The van der Waals surface area contributed by atoms with Gasteiger partial charge in [0.2, 0.25) is 11.7 Å². The lowest BCUT2D eigenvalue weighted by Gasteiger charge is -2.36. The molecule has 1 fully saturated rings. The molecule has 0 spiro atoms. The first-order valence-corrected chi connectivity index (χ1v) is 10.1. The van der Waals surface area contributed by atoms with Gasteiger partial charge in [-0.05, 0) is 24.3 Å². The molecule has 2 amide bonds. The van der Waals surface area contributed by atoms with Crippen LogP contribution in [0.5, 0.6) is 5.75 Å². The molecule has 31 heavy (non-hydrogen) atoms. The van der Waals surface area contributed by atoms with Crippen molar-refractivity contribution in [3.63, 3.8) is 0 Å². The Balaban J connectivity index is 1.52. The van der Waals surface area contributed by atoms with Gasteiger partial charge in [-0.3, -0.25) is 9.59 Å². The van der Waals surface area contributed by atoms with E-state index in [1.807, 2.05) is 42.5 Å². The third-order valence-corrected chi connectivity index (χ3v) is 5.31. The van der Waals surface area contributed by atoms with E-state index in [2.05, 4.69) is 10.2 Å². The van der Waals surface area contributed by atoms with Crippen molar-refractivity contribution in [3.8, 4) is 5.75 Å². The van der Waals surface area contributed by atoms with Gasteiger partial charge in [0.05, 0.1) is 7.11 Å². The van der Waals surface area contributed by atoms with E-state index in [4.69, 9.17) is 13.9 Å². The van der Waals surface area contributed by atoms with Gasteiger partial charge in [0.15, 0.2) is 0 Å². The number of nitrogens with zero attached hydrogens (tertiary/aromatic N) is 2. The summed E-state index contributed by atoms with van der Waals surface area (Å²) >= 11 is 0.